The average Bonchev–Trinajstić information content (AvgIpc) is 3.22. The normalized spacial score (nSPS) is 18.5. The molecule has 1 fully saturated rings. The highest BCUT2D eigenvalue weighted by Crippen LogP contribution is 2.38. The lowest BCUT2D eigenvalue weighted by Gasteiger charge is -2.20. The Morgan fingerprint density at radius 2 is 1.21 bits per heavy atom. The molecule has 0 N–H and O–H groups in total. The predicted octanol–water partition coefficient (Wildman–Crippen LogP) is 7.09. The Labute approximate surface area is 194 Å². The van der Waals surface area contributed by atoms with Gasteiger partial charge in [0.05, 0.1) is 5.56 Å². The summed E-state index contributed by atoms with van der Waals surface area (Å²) in [5.41, 5.74) is 3.89. The summed E-state index contributed by atoms with van der Waals surface area (Å²) < 4.78 is 30.4. The highest BCUT2D eigenvalue weighted by molar-refractivity contribution is 5.65. The lowest BCUT2D eigenvalue weighted by Crippen LogP contribution is -2.20. The Kier molecular flexibility index (Phi) is 6.32. The summed E-state index contributed by atoms with van der Waals surface area (Å²) in [7, 11) is 0. The van der Waals surface area contributed by atoms with Gasteiger partial charge in [-0.1, -0.05) is 91.0 Å². The van der Waals surface area contributed by atoms with Gasteiger partial charge in [0, 0.05) is 25.6 Å². The Balaban J connectivity index is 1.45. The van der Waals surface area contributed by atoms with Crippen LogP contribution in [0, 0.1) is 17.6 Å². The van der Waals surface area contributed by atoms with E-state index in [1.807, 2.05) is 18.2 Å². The molecule has 4 aromatic carbocycles. The van der Waals surface area contributed by atoms with Crippen LogP contribution in [-0.2, 0) is 13.0 Å². The molecule has 0 saturated carbocycles. The van der Waals surface area contributed by atoms with E-state index in [1.54, 1.807) is 36.4 Å². The Bertz CT molecular complexity index is 1170. The molecule has 0 aromatic heterocycles. The summed E-state index contributed by atoms with van der Waals surface area (Å²) in [5, 5.41) is 0. The molecule has 33 heavy (non-hydrogen) atoms. The van der Waals surface area contributed by atoms with Gasteiger partial charge in [-0.3, -0.25) is 4.90 Å². The number of nitrogens with zero attached hydrogens (tertiary/aromatic N) is 1. The van der Waals surface area contributed by atoms with Gasteiger partial charge in [0.15, 0.2) is 0 Å². The SMILES string of the molecule is Fc1cc([C@@H]2CN(Cc3ccccc3)C[C@H]2Cc2ccccc2)cc(F)c1-c1ccccc1. The molecular weight excluding hydrogens is 412 g/mol. The third-order valence-corrected chi connectivity index (χ3v) is 6.66. The topological polar surface area (TPSA) is 3.24 Å². The summed E-state index contributed by atoms with van der Waals surface area (Å²) in [6, 6.07) is 32.8. The van der Waals surface area contributed by atoms with Crippen molar-refractivity contribution in [2.24, 2.45) is 5.92 Å². The molecular formula is C30H27F2N. The van der Waals surface area contributed by atoms with E-state index in [1.165, 1.54) is 11.1 Å². The predicted molar refractivity (Wildman–Crippen MR) is 130 cm³/mol. The molecule has 1 saturated heterocycles. The first-order chi connectivity index (χ1) is 16.2. The summed E-state index contributed by atoms with van der Waals surface area (Å²) in [4.78, 5) is 2.41. The molecule has 1 aliphatic heterocycles. The minimum atomic E-state index is -0.490. The molecule has 0 unspecified atom stereocenters. The van der Waals surface area contributed by atoms with Crippen LogP contribution < -0.4 is 0 Å². The lowest BCUT2D eigenvalue weighted by atomic mass is 9.84. The van der Waals surface area contributed by atoms with E-state index in [9.17, 15) is 0 Å². The smallest absolute Gasteiger partial charge is 0.134 e. The zero-order valence-corrected chi connectivity index (χ0v) is 18.5. The molecule has 3 heteroatoms. The van der Waals surface area contributed by atoms with Crippen LogP contribution in [-0.4, -0.2) is 18.0 Å². The Hall–Kier alpha value is -3.30. The molecule has 1 aliphatic rings. The third kappa shape index (κ3) is 4.89. The number of hydrogen-bond donors (Lipinski definition) is 0. The second kappa shape index (κ2) is 9.68. The number of hydrogen-bond acceptors (Lipinski definition) is 1. The number of rotatable bonds is 6. The fraction of sp³-hybridized carbons (Fsp3) is 0.200. The fourth-order valence-electron chi connectivity index (χ4n) is 5.12. The molecule has 1 heterocycles. The van der Waals surface area contributed by atoms with E-state index >= 15 is 8.78 Å². The number of benzene rings is 4. The van der Waals surface area contributed by atoms with Gasteiger partial charge in [-0.2, -0.15) is 0 Å². The van der Waals surface area contributed by atoms with Gasteiger partial charge >= 0.3 is 0 Å². The summed E-state index contributed by atoms with van der Waals surface area (Å²) in [5.74, 6) is -0.618. The van der Waals surface area contributed by atoms with Crippen LogP contribution in [0.3, 0.4) is 0 Å². The largest absolute Gasteiger partial charge is 0.298 e. The zero-order valence-electron chi connectivity index (χ0n) is 18.5. The molecule has 0 spiro atoms. The van der Waals surface area contributed by atoms with E-state index in [0.717, 1.165) is 31.6 Å². The molecule has 5 rings (SSSR count). The third-order valence-electron chi connectivity index (χ3n) is 6.66. The second-order valence-corrected chi connectivity index (χ2v) is 8.96. The summed E-state index contributed by atoms with van der Waals surface area (Å²) in [6.07, 6.45) is 0.889. The van der Waals surface area contributed by atoms with Gasteiger partial charge in [0.25, 0.3) is 0 Å². The first-order valence-corrected chi connectivity index (χ1v) is 11.5. The van der Waals surface area contributed by atoms with Crippen molar-refractivity contribution in [1.82, 2.24) is 4.90 Å². The van der Waals surface area contributed by atoms with E-state index in [2.05, 4.69) is 53.4 Å². The van der Waals surface area contributed by atoms with Gasteiger partial charge in [-0.25, -0.2) is 8.78 Å². The second-order valence-electron chi connectivity index (χ2n) is 8.96. The average molecular weight is 440 g/mol. The fourth-order valence-corrected chi connectivity index (χ4v) is 5.12. The Morgan fingerprint density at radius 1 is 0.667 bits per heavy atom. The molecule has 1 nitrogen and oxygen atoms in total. The minimum Gasteiger partial charge on any atom is -0.298 e. The van der Waals surface area contributed by atoms with Crippen molar-refractivity contribution >= 4 is 0 Å². The summed E-state index contributed by atoms with van der Waals surface area (Å²) in [6.45, 7) is 2.53. The van der Waals surface area contributed by atoms with Crippen molar-refractivity contribution in [1.29, 1.82) is 0 Å². The van der Waals surface area contributed by atoms with Crippen molar-refractivity contribution in [3.05, 3.63) is 131 Å². The molecule has 2 atom stereocenters. The van der Waals surface area contributed by atoms with Crippen molar-refractivity contribution in [3.63, 3.8) is 0 Å². The maximum atomic E-state index is 15.2. The van der Waals surface area contributed by atoms with Gasteiger partial charge in [-0.05, 0) is 46.7 Å². The highest BCUT2D eigenvalue weighted by atomic mass is 19.1. The first kappa shape index (κ1) is 21.5. The van der Waals surface area contributed by atoms with Crippen LogP contribution >= 0.6 is 0 Å². The summed E-state index contributed by atoms with van der Waals surface area (Å²) >= 11 is 0. The minimum absolute atomic E-state index is 0.0538. The van der Waals surface area contributed by atoms with Crippen molar-refractivity contribution in [2.75, 3.05) is 13.1 Å². The van der Waals surface area contributed by atoms with Crippen LogP contribution in [0.2, 0.25) is 0 Å². The zero-order chi connectivity index (χ0) is 22.6. The molecule has 0 amide bonds. The van der Waals surface area contributed by atoms with Crippen LogP contribution in [0.5, 0.6) is 0 Å². The van der Waals surface area contributed by atoms with E-state index < -0.39 is 11.6 Å². The van der Waals surface area contributed by atoms with Gasteiger partial charge < -0.3 is 0 Å². The van der Waals surface area contributed by atoms with Crippen LogP contribution in [0.15, 0.2) is 103 Å². The van der Waals surface area contributed by atoms with Crippen LogP contribution in [0.1, 0.15) is 22.6 Å². The van der Waals surface area contributed by atoms with Crippen molar-refractivity contribution < 1.29 is 8.78 Å². The van der Waals surface area contributed by atoms with Gasteiger partial charge in [0.2, 0.25) is 0 Å². The maximum absolute atomic E-state index is 15.2. The van der Waals surface area contributed by atoms with Crippen molar-refractivity contribution in [3.8, 4) is 11.1 Å². The van der Waals surface area contributed by atoms with Crippen molar-refractivity contribution in [2.45, 2.75) is 18.9 Å². The van der Waals surface area contributed by atoms with Crippen LogP contribution in [0.4, 0.5) is 8.78 Å². The molecule has 166 valence electrons. The van der Waals surface area contributed by atoms with E-state index in [-0.39, 0.29) is 17.4 Å². The quantitative estimate of drug-likeness (QED) is 0.310. The molecule has 0 bridgehead atoms. The Morgan fingerprint density at radius 3 is 1.82 bits per heavy atom. The maximum Gasteiger partial charge on any atom is 0.134 e. The number of likely N-dealkylation sites (tertiary alicyclic amines) is 1. The van der Waals surface area contributed by atoms with E-state index in [0.29, 0.717) is 5.56 Å². The lowest BCUT2D eigenvalue weighted by molar-refractivity contribution is 0.315. The van der Waals surface area contributed by atoms with Gasteiger partial charge in [-0.15, -0.1) is 0 Å². The standard InChI is InChI=1S/C30H27F2N/c31-28-17-25(18-29(32)30(28)24-14-8-3-9-15-24)27-21-33(19-23-12-6-2-7-13-23)20-26(27)16-22-10-4-1-5-11-22/h1-15,17-18,26-27H,16,19-21H2/t26-,27+/m1/s1. The molecule has 0 aliphatic carbocycles. The molecule has 0 radical (unpaired) electrons. The highest BCUT2D eigenvalue weighted by Gasteiger charge is 2.34. The monoisotopic (exact) mass is 439 g/mol. The molecule has 4 aromatic rings. The van der Waals surface area contributed by atoms with Gasteiger partial charge in [0.1, 0.15) is 11.6 Å². The first-order valence-electron chi connectivity index (χ1n) is 11.5. The van der Waals surface area contributed by atoms with E-state index in [4.69, 9.17) is 0 Å². The van der Waals surface area contributed by atoms with Crippen LogP contribution in [0.25, 0.3) is 11.1 Å². The number of halogens is 2.